The van der Waals surface area contributed by atoms with Crippen LogP contribution in [0, 0.1) is 6.92 Å². The first-order valence-corrected chi connectivity index (χ1v) is 10.4. The lowest BCUT2D eigenvalue weighted by atomic mass is 9.58. The summed E-state index contributed by atoms with van der Waals surface area (Å²) in [6.45, 7) is 1.82. The number of phenols is 1. The Bertz CT molecular complexity index is 1110. The highest BCUT2D eigenvalue weighted by Gasteiger charge is 2.70. The molecule has 0 radical (unpaired) electrons. The van der Waals surface area contributed by atoms with E-state index in [1.807, 2.05) is 30.3 Å². The Balaban J connectivity index is 1.84. The molecule has 0 bridgehead atoms. The highest BCUT2D eigenvalue weighted by atomic mass is 16.5. The summed E-state index contributed by atoms with van der Waals surface area (Å²) in [7, 11) is 1.13. The van der Waals surface area contributed by atoms with Crippen molar-refractivity contribution in [2.75, 3.05) is 7.11 Å². The number of aromatic hydroxyl groups is 1. The molecule has 0 saturated heterocycles. The monoisotopic (exact) mass is 439 g/mol. The molecule has 1 fully saturated rings. The van der Waals surface area contributed by atoms with E-state index in [-0.39, 0.29) is 42.5 Å². The molecule has 4 N–H and O–H groups in total. The molecule has 0 spiro atoms. The van der Waals surface area contributed by atoms with Crippen LogP contribution in [0.5, 0.6) is 5.75 Å². The number of fused-ring (bicyclic) bond motifs is 3. The van der Waals surface area contributed by atoms with Gasteiger partial charge < -0.3 is 25.4 Å². The molecule has 2 aromatic rings. The zero-order chi connectivity index (χ0) is 23.3. The molecule has 2 aliphatic carbocycles. The summed E-state index contributed by atoms with van der Waals surface area (Å²) in [6.07, 6.45) is -2.10. The second-order valence-corrected chi connectivity index (χ2v) is 8.34. The number of ether oxygens (including phenoxy) is 1. The lowest BCUT2D eigenvalue weighted by Crippen LogP contribution is -2.72. The third-order valence-corrected chi connectivity index (χ3v) is 6.60. The van der Waals surface area contributed by atoms with Crippen LogP contribution in [0.15, 0.2) is 36.4 Å². The van der Waals surface area contributed by atoms with E-state index in [1.54, 1.807) is 13.0 Å². The maximum absolute atomic E-state index is 13.0. The summed E-state index contributed by atoms with van der Waals surface area (Å²) in [5.41, 5.74) is -3.69. The summed E-state index contributed by atoms with van der Waals surface area (Å²) in [5, 5.41) is 36.3. The molecule has 168 valence electrons. The second-order valence-electron chi connectivity index (χ2n) is 8.34. The summed E-state index contributed by atoms with van der Waals surface area (Å²) in [6, 6.07) is 10.7. The number of rotatable bonds is 4. The number of amides is 1. The number of aliphatic hydroxyl groups excluding tert-OH is 1. The van der Waals surface area contributed by atoms with Gasteiger partial charge in [-0.1, -0.05) is 36.4 Å². The Hall–Kier alpha value is -3.07. The summed E-state index contributed by atoms with van der Waals surface area (Å²) in [4.78, 5) is 38.8. The number of carbonyl (C=O) groups is 3. The van der Waals surface area contributed by atoms with E-state index in [0.717, 1.165) is 12.7 Å². The van der Waals surface area contributed by atoms with Gasteiger partial charge in [0.2, 0.25) is 0 Å². The van der Waals surface area contributed by atoms with Crippen molar-refractivity contribution in [3.63, 3.8) is 0 Å². The maximum Gasteiger partial charge on any atom is 0.255 e. The SMILES string of the molecule is COC12C(=O)CCC(=O)C1(O)c1c(cc(C)c(C(=O)NCc3ccccc3)c1O)CC2O. The number of carbonyl (C=O) groups excluding carboxylic acids is 3. The van der Waals surface area contributed by atoms with Crippen molar-refractivity contribution >= 4 is 17.5 Å². The average molecular weight is 439 g/mol. The van der Waals surface area contributed by atoms with Gasteiger partial charge in [0.05, 0.1) is 11.7 Å². The first-order chi connectivity index (χ1) is 15.2. The lowest BCUT2D eigenvalue weighted by Gasteiger charge is -2.52. The van der Waals surface area contributed by atoms with Gasteiger partial charge in [-0.25, -0.2) is 0 Å². The van der Waals surface area contributed by atoms with Gasteiger partial charge >= 0.3 is 0 Å². The van der Waals surface area contributed by atoms with E-state index in [4.69, 9.17) is 4.74 Å². The van der Waals surface area contributed by atoms with Gasteiger partial charge in [0.25, 0.3) is 5.91 Å². The van der Waals surface area contributed by atoms with E-state index >= 15 is 0 Å². The minimum Gasteiger partial charge on any atom is -0.507 e. The molecule has 3 atom stereocenters. The summed E-state index contributed by atoms with van der Waals surface area (Å²) < 4.78 is 5.35. The fraction of sp³-hybridized carbons (Fsp3) is 0.375. The zero-order valence-electron chi connectivity index (χ0n) is 17.8. The number of aryl methyl sites for hydroxylation is 1. The average Bonchev–Trinajstić information content (AvgIpc) is 2.75. The lowest BCUT2D eigenvalue weighted by molar-refractivity contribution is -0.228. The number of aliphatic hydroxyl groups is 2. The predicted octanol–water partition coefficient (Wildman–Crippen LogP) is 1.05. The smallest absolute Gasteiger partial charge is 0.255 e. The van der Waals surface area contributed by atoms with Gasteiger partial charge in [-0.15, -0.1) is 0 Å². The fourth-order valence-corrected chi connectivity index (χ4v) is 5.09. The van der Waals surface area contributed by atoms with Gasteiger partial charge in [-0.05, 0) is 23.6 Å². The highest BCUT2D eigenvalue weighted by molar-refractivity contribution is 6.08. The van der Waals surface area contributed by atoms with Crippen molar-refractivity contribution in [1.29, 1.82) is 0 Å². The fourth-order valence-electron chi connectivity index (χ4n) is 5.09. The normalized spacial score (nSPS) is 26.9. The quantitative estimate of drug-likeness (QED) is 0.560. The predicted molar refractivity (Wildman–Crippen MR) is 113 cm³/mol. The molecule has 4 rings (SSSR count). The molecule has 1 saturated carbocycles. The molecule has 3 unspecified atom stereocenters. The topological polar surface area (TPSA) is 133 Å². The van der Waals surface area contributed by atoms with Gasteiger partial charge in [0, 0.05) is 38.5 Å². The third kappa shape index (κ3) is 2.91. The van der Waals surface area contributed by atoms with Gasteiger partial charge in [-0.2, -0.15) is 0 Å². The van der Waals surface area contributed by atoms with Crippen LogP contribution < -0.4 is 5.32 Å². The minimum atomic E-state index is -2.61. The minimum absolute atomic E-state index is 0.111. The largest absolute Gasteiger partial charge is 0.507 e. The van der Waals surface area contributed by atoms with E-state index in [9.17, 15) is 29.7 Å². The number of phenolic OH excluding ortho intramolecular Hbond substituents is 1. The van der Waals surface area contributed by atoms with Crippen LogP contribution in [-0.2, 0) is 32.9 Å². The molecule has 0 heterocycles. The molecule has 32 heavy (non-hydrogen) atoms. The summed E-state index contributed by atoms with van der Waals surface area (Å²) >= 11 is 0. The zero-order valence-corrected chi connectivity index (χ0v) is 17.8. The van der Waals surface area contributed by atoms with Crippen LogP contribution in [0.3, 0.4) is 0 Å². The number of hydrogen-bond donors (Lipinski definition) is 4. The Kier molecular flexibility index (Phi) is 5.40. The van der Waals surface area contributed by atoms with Crippen molar-refractivity contribution in [3.8, 4) is 5.75 Å². The van der Waals surface area contributed by atoms with Gasteiger partial charge in [0.1, 0.15) is 5.75 Å². The summed E-state index contributed by atoms with van der Waals surface area (Å²) in [5.74, 6) is -2.58. The van der Waals surface area contributed by atoms with Crippen LogP contribution >= 0.6 is 0 Å². The Morgan fingerprint density at radius 2 is 1.84 bits per heavy atom. The van der Waals surface area contributed by atoms with E-state index < -0.39 is 40.5 Å². The van der Waals surface area contributed by atoms with E-state index in [0.29, 0.717) is 5.56 Å². The maximum atomic E-state index is 13.0. The van der Waals surface area contributed by atoms with Crippen molar-refractivity contribution in [1.82, 2.24) is 5.32 Å². The second kappa shape index (κ2) is 7.81. The Morgan fingerprint density at radius 3 is 2.50 bits per heavy atom. The van der Waals surface area contributed by atoms with Crippen molar-refractivity contribution in [3.05, 3.63) is 64.2 Å². The van der Waals surface area contributed by atoms with Crippen molar-refractivity contribution in [2.45, 2.75) is 50.0 Å². The standard InChI is InChI=1S/C24H25NO7/c1-13-10-15-11-18(28)24(32-2)17(27)9-8-16(26)23(24,31)20(15)21(29)19(13)22(30)25-12-14-6-4-3-5-7-14/h3-7,10,18,28-29,31H,8-9,11-12H2,1-2H3,(H,25,30). The molecular weight excluding hydrogens is 414 g/mol. The number of hydrogen-bond acceptors (Lipinski definition) is 7. The molecule has 8 nitrogen and oxygen atoms in total. The number of ketones is 2. The van der Waals surface area contributed by atoms with E-state index in [2.05, 4.69) is 5.32 Å². The molecule has 2 aliphatic rings. The van der Waals surface area contributed by atoms with Crippen LogP contribution in [0.25, 0.3) is 0 Å². The van der Waals surface area contributed by atoms with Crippen LogP contribution in [-0.4, -0.2) is 51.6 Å². The van der Waals surface area contributed by atoms with Crippen molar-refractivity contribution < 1.29 is 34.4 Å². The molecule has 0 aromatic heterocycles. The highest BCUT2D eigenvalue weighted by Crippen LogP contribution is 2.53. The number of nitrogens with one attached hydrogen (secondary N) is 1. The third-order valence-electron chi connectivity index (χ3n) is 6.60. The van der Waals surface area contributed by atoms with Gasteiger partial charge in [0.15, 0.2) is 22.8 Å². The van der Waals surface area contributed by atoms with E-state index in [1.165, 1.54) is 0 Å². The Labute approximate surface area is 184 Å². The number of benzene rings is 2. The van der Waals surface area contributed by atoms with Crippen LogP contribution in [0.1, 0.15) is 45.5 Å². The first-order valence-electron chi connectivity index (χ1n) is 10.4. The van der Waals surface area contributed by atoms with Crippen molar-refractivity contribution in [2.24, 2.45) is 0 Å². The number of Topliss-reactive ketones (excluding diaryl/α,β-unsaturated/α-hetero) is 2. The molecule has 1 amide bonds. The Morgan fingerprint density at radius 1 is 1.19 bits per heavy atom. The number of methoxy groups -OCH3 is 1. The molecule has 8 heteroatoms. The molecule has 0 aliphatic heterocycles. The molecule has 2 aromatic carbocycles. The van der Waals surface area contributed by atoms with Gasteiger partial charge in [-0.3, -0.25) is 14.4 Å². The van der Waals surface area contributed by atoms with Crippen LogP contribution in [0.2, 0.25) is 0 Å². The van der Waals surface area contributed by atoms with Crippen LogP contribution in [0.4, 0.5) is 0 Å². The molecular formula is C24H25NO7. The first kappa shape index (κ1) is 22.1.